The van der Waals surface area contributed by atoms with Crippen LogP contribution in [0.25, 0.3) is 11.4 Å². The molecule has 0 unspecified atom stereocenters. The monoisotopic (exact) mass is 291 g/mol. The first-order valence-corrected chi connectivity index (χ1v) is 8.03. The summed E-state index contributed by atoms with van der Waals surface area (Å²) in [4.78, 5) is 4.82. The van der Waals surface area contributed by atoms with E-state index in [-0.39, 0.29) is 0 Å². The fourth-order valence-corrected chi connectivity index (χ4v) is 3.70. The Balaban J connectivity index is 1.98. The van der Waals surface area contributed by atoms with Gasteiger partial charge in [0.25, 0.3) is 0 Å². The fraction of sp³-hybridized carbons (Fsp3) is 0.643. The van der Waals surface area contributed by atoms with E-state index in [1.54, 1.807) is 0 Å². The van der Waals surface area contributed by atoms with Gasteiger partial charge in [-0.2, -0.15) is 9.47 Å². The van der Waals surface area contributed by atoms with Crippen molar-refractivity contribution in [1.29, 1.82) is 0 Å². The number of hydrogen-bond donors (Lipinski definition) is 1. The van der Waals surface area contributed by atoms with Gasteiger partial charge in [0.05, 0.1) is 11.3 Å². The Morgan fingerprint density at radius 2 is 2.00 bits per heavy atom. The summed E-state index contributed by atoms with van der Waals surface area (Å²) in [7, 11) is 3.90. The molecule has 0 saturated heterocycles. The Labute approximate surface area is 123 Å². The van der Waals surface area contributed by atoms with Gasteiger partial charge in [-0.1, -0.05) is 19.3 Å². The second kappa shape index (κ2) is 5.52. The molecule has 20 heavy (non-hydrogen) atoms. The summed E-state index contributed by atoms with van der Waals surface area (Å²) in [5, 5.41) is 8.93. The maximum Gasteiger partial charge on any atom is 0.163 e. The molecular formula is C14H21N5S. The second-order valence-corrected chi connectivity index (χ2v) is 6.25. The molecule has 0 spiro atoms. The van der Waals surface area contributed by atoms with Gasteiger partial charge in [-0.15, -0.1) is 0 Å². The minimum atomic E-state index is 0.536. The highest BCUT2D eigenvalue weighted by atomic mass is 32.1. The first kappa shape index (κ1) is 13.5. The Hall–Kier alpha value is -1.43. The molecule has 1 fully saturated rings. The number of anilines is 1. The van der Waals surface area contributed by atoms with Gasteiger partial charge in [-0.25, -0.2) is 9.67 Å². The number of aryl methyl sites for hydroxylation is 2. The van der Waals surface area contributed by atoms with Crippen LogP contribution in [0.5, 0.6) is 0 Å². The summed E-state index contributed by atoms with van der Waals surface area (Å²) in [5.74, 6) is 2.48. The summed E-state index contributed by atoms with van der Waals surface area (Å²) in [6.45, 7) is 2.03. The standard InChI is InChI=1S/C14H21N5S/c1-9-11(14(15-2)20-18-9)13-16-12(17-19(13)3)10-7-5-4-6-8-10/h10,15H,4-8H2,1-3H3. The Morgan fingerprint density at radius 1 is 1.25 bits per heavy atom. The first-order valence-electron chi connectivity index (χ1n) is 7.26. The highest BCUT2D eigenvalue weighted by Crippen LogP contribution is 2.36. The third-order valence-electron chi connectivity index (χ3n) is 4.06. The maximum atomic E-state index is 4.82. The van der Waals surface area contributed by atoms with Crippen LogP contribution >= 0.6 is 11.5 Å². The van der Waals surface area contributed by atoms with Gasteiger partial charge in [0, 0.05) is 20.0 Å². The minimum Gasteiger partial charge on any atom is -0.378 e. The smallest absolute Gasteiger partial charge is 0.163 e. The second-order valence-electron chi connectivity index (χ2n) is 5.47. The van der Waals surface area contributed by atoms with E-state index in [0.29, 0.717) is 5.92 Å². The molecule has 6 heteroatoms. The van der Waals surface area contributed by atoms with E-state index in [2.05, 4.69) is 14.8 Å². The summed E-state index contributed by atoms with van der Waals surface area (Å²) in [6, 6.07) is 0. The van der Waals surface area contributed by atoms with Crippen molar-refractivity contribution in [3.8, 4) is 11.4 Å². The zero-order valence-electron chi connectivity index (χ0n) is 12.3. The van der Waals surface area contributed by atoms with Crippen LogP contribution in [-0.4, -0.2) is 26.2 Å². The van der Waals surface area contributed by atoms with Crippen molar-refractivity contribution in [2.75, 3.05) is 12.4 Å². The molecule has 2 aromatic heterocycles. The molecule has 1 saturated carbocycles. The van der Waals surface area contributed by atoms with Crippen LogP contribution in [0.15, 0.2) is 0 Å². The van der Waals surface area contributed by atoms with E-state index in [1.807, 2.05) is 25.7 Å². The van der Waals surface area contributed by atoms with Gasteiger partial charge in [0.2, 0.25) is 0 Å². The average molecular weight is 291 g/mol. The van der Waals surface area contributed by atoms with Crippen molar-refractivity contribution in [2.45, 2.75) is 44.9 Å². The van der Waals surface area contributed by atoms with Crippen LogP contribution in [-0.2, 0) is 7.05 Å². The molecule has 5 nitrogen and oxygen atoms in total. The summed E-state index contributed by atoms with van der Waals surface area (Å²) in [6.07, 6.45) is 6.41. The molecule has 0 aromatic carbocycles. The lowest BCUT2D eigenvalue weighted by molar-refractivity contribution is 0.427. The molecule has 0 aliphatic heterocycles. The lowest BCUT2D eigenvalue weighted by Crippen LogP contribution is -2.06. The van der Waals surface area contributed by atoms with Crippen molar-refractivity contribution in [2.24, 2.45) is 7.05 Å². The quantitative estimate of drug-likeness (QED) is 0.942. The number of nitrogens with one attached hydrogen (secondary N) is 1. The van der Waals surface area contributed by atoms with Gasteiger partial charge in [0.15, 0.2) is 11.6 Å². The molecule has 1 N–H and O–H groups in total. The minimum absolute atomic E-state index is 0.536. The summed E-state index contributed by atoms with van der Waals surface area (Å²) < 4.78 is 6.33. The molecule has 2 aromatic rings. The van der Waals surface area contributed by atoms with E-state index in [9.17, 15) is 0 Å². The van der Waals surface area contributed by atoms with Gasteiger partial charge in [-0.3, -0.25) is 0 Å². The molecule has 108 valence electrons. The van der Waals surface area contributed by atoms with Gasteiger partial charge in [0.1, 0.15) is 5.00 Å². The summed E-state index contributed by atoms with van der Waals surface area (Å²) >= 11 is 1.48. The molecule has 0 radical (unpaired) electrons. The molecule has 1 aliphatic rings. The van der Waals surface area contributed by atoms with Gasteiger partial charge < -0.3 is 5.32 Å². The van der Waals surface area contributed by atoms with Crippen molar-refractivity contribution in [3.05, 3.63) is 11.5 Å². The first-order chi connectivity index (χ1) is 9.70. The molecule has 2 heterocycles. The number of hydrogen-bond acceptors (Lipinski definition) is 5. The predicted molar refractivity (Wildman–Crippen MR) is 82.2 cm³/mol. The zero-order valence-corrected chi connectivity index (χ0v) is 13.1. The third-order valence-corrected chi connectivity index (χ3v) is 5.02. The van der Waals surface area contributed by atoms with E-state index in [0.717, 1.165) is 27.9 Å². The van der Waals surface area contributed by atoms with E-state index in [4.69, 9.17) is 4.98 Å². The Morgan fingerprint density at radius 3 is 2.70 bits per heavy atom. The molecule has 0 atom stereocenters. The van der Waals surface area contributed by atoms with Crippen LogP contribution in [0.1, 0.15) is 49.5 Å². The van der Waals surface area contributed by atoms with Crippen LogP contribution in [0, 0.1) is 6.92 Å². The highest BCUT2D eigenvalue weighted by Gasteiger charge is 2.23. The zero-order chi connectivity index (χ0) is 14.1. The van der Waals surface area contributed by atoms with E-state index < -0.39 is 0 Å². The summed E-state index contributed by atoms with van der Waals surface area (Å²) in [5.41, 5.74) is 2.11. The molecular weight excluding hydrogens is 270 g/mol. The van der Waals surface area contributed by atoms with E-state index in [1.165, 1.54) is 43.6 Å². The van der Waals surface area contributed by atoms with Crippen molar-refractivity contribution in [1.82, 2.24) is 19.1 Å². The lowest BCUT2D eigenvalue weighted by atomic mass is 9.89. The Kier molecular flexibility index (Phi) is 3.74. The largest absolute Gasteiger partial charge is 0.378 e. The van der Waals surface area contributed by atoms with Gasteiger partial charge >= 0.3 is 0 Å². The lowest BCUT2D eigenvalue weighted by Gasteiger charge is -2.18. The van der Waals surface area contributed by atoms with Crippen LogP contribution in [0.2, 0.25) is 0 Å². The SMILES string of the molecule is CNc1snc(C)c1-c1nc(C2CCCCC2)nn1C. The molecule has 1 aliphatic carbocycles. The van der Waals surface area contributed by atoms with Crippen molar-refractivity contribution in [3.63, 3.8) is 0 Å². The van der Waals surface area contributed by atoms with E-state index >= 15 is 0 Å². The van der Waals surface area contributed by atoms with Crippen LogP contribution in [0.4, 0.5) is 5.00 Å². The molecule has 3 rings (SSSR count). The third kappa shape index (κ3) is 2.32. The van der Waals surface area contributed by atoms with Crippen LogP contribution in [0.3, 0.4) is 0 Å². The predicted octanol–water partition coefficient (Wildman–Crippen LogP) is 3.34. The maximum absolute atomic E-state index is 4.82. The van der Waals surface area contributed by atoms with Gasteiger partial charge in [-0.05, 0) is 31.3 Å². The average Bonchev–Trinajstić information content (AvgIpc) is 3.02. The number of aromatic nitrogens is 4. The van der Waals surface area contributed by atoms with Crippen LogP contribution < -0.4 is 5.32 Å². The number of nitrogens with zero attached hydrogens (tertiary/aromatic N) is 4. The Bertz CT molecular complexity index is 595. The molecule has 0 amide bonds. The highest BCUT2D eigenvalue weighted by molar-refractivity contribution is 7.10. The van der Waals surface area contributed by atoms with Crippen molar-refractivity contribution < 1.29 is 0 Å². The topological polar surface area (TPSA) is 55.6 Å². The van der Waals surface area contributed by atoms with Crippen molar-refractivity contribution >= 4 is 16.5 Å². The molecule has 0 bridgehead atoms. The fourth-order valence-electron chi connectivity index (χ4n) is 2.96. The normalized spacial score (nSPS) is 16.6. The number of rotatable bonds is 3.